The zero-order chi connectivity index (χ0) is 24.5. The summed E-state index contributed by atoms with van der Waals surface area (Å²) in [5, 5.41) is 4.83. The minimum atomic E-state index is 0.105. The number of imidazole rings is 1. The molecule has 0 aliphatic heterocycles. The molecule has 0 aliphatic rings. The van der Waals surface area contributed by atoms with Crippen molar-refractivity contribution in [2.75, 3.05) is 0 Å². The Bertz CT molecular complexity index is 1470. The van der Waals surface area contributed by atoms with Crippen molar-refractivity contribution in [3.8, 4) is 11.4 Å². The molecule has 0 fully saturated rings. The van der Waals surface area contributed by atoms with Crippen molar-refractivity contribution in [2.45, 2.75) is 46.6 Å². The number of aromatic nitrogens is 4. The zero-order valence-corrected chi connectivity index (χ0v) is 21.3. The van der Waals surface area contributed by atoms with Crippen LogP contribution in [0.25, 0.3) is 22.4 Å². The number of halogens is 1. The van der Waals surface area contributed by atoms with E-state index < -0.39 is 0 Å². The third-order valence-corrected chi connectivity index (χ3v) is 6.73. The molecule has 5 rings (SSSR count). The van der Waals surface area contributed by atoms with Gasteiger partial charge in [-0.2, -0.15) is 4.98 Å². The molecule has 5 nitrogen and oxygen atoms in total. The van der Waals surface area contributed by atoms with Gasteiger partial charge in [0.05, 0.1) is 17.6 Å². The van der Waals surface area contributed by atoms with Crippen molar-refractivity contribution >= 4 is 22.6 Å². The van der Waals surface area contributed by atoms with Gasteiger partial charge in [0.1, 0.15) is 5.82 Å². The maximum Gasteiger partial charge on any atom is 0.223 e. The fourth-order valence-electron chi connectivity index (χ4n) is 4.56. The maximum absolute atomic E-state index is 6.55. The molecular formula is C29H29ClN4O. The summed E-state index contributed by atoms with van der Waals surface area (Å²) in [5.74, 6) is 2.85. The van der Waals surface area contributed by atoms with E-state index in [0.29, 0.717) is 24.2 Å². The number of hydrogen-bond acceptors (Lipinski definition) is 4. The first kappa shape index (κ1) is 23.3. The molecule has 3 aromatic carbocycles. The summed E-state index contributed by atoms with van der Waals surface area (Å²) in [4.78, 5) is 9.49. The summed E-state index contributed by atoms with van der Waals surface area (Å²) in [6, 6.07) is 23.1. The van der Waals surface area contributed by atoms with Crippen LogP contribution < -0.4 is 0 Å². The summed E-state index contributed by atoms with van der Waals surface area (Å²) in [6.45, 7) is 9.14. The van der Waals surface area contributed by atoms with Gasteiger partial charge in [0.25, 0.3) is 0 Å². The van der Waals surface area contributed by atoms with E-state index >= 15 is 0 Å². The van der Waals surface area contributed by atoms with Crippen molar-refractivity contribution in [3.05, 3.63) is 100 Å². The van der Waals surface area contributed by atoms with E-state index in [1.165, 1.54) is 11.1 Å². The van der Waals surface area contributed by atoms with Gasteiger partial charge in [0.2, 0.25) is 11.7 Å². The zero-order valence-electron chi connectivity index (χ0n) is 20.5. The Morgan fingerprint density at radius 1 is 0.943 bits per heavy atom. The van der Waals surface area contributed by atoms with Crippen LogP contribution in [0, 0.1) is 12.8 Å². The van der Waals surface area contributed by atoms with Gasteiger partial charge in [-0.25, -0.2) is 4.98 Å². The lowest BCUT2D eigenvalue weighted by Crippen LogP contribution is -2.10. The van der Waals surface area contributed by atoms with E-state index in [9.17, 15) is 0 Å². The Hall–Kier alpha value is -3.44. The van der Waals surface area contributed by atoms with Crippen molar-refractivity contribution < 1.29 is 4.52 Å². The van der Waals surface area contributed by atoms with Gasteiger partial charge in [-0.15, -0.1) is 0 Å². The van der Waals surface area contributed by atoms with Crippen LogP contribution in [0.15, 0.2) is 71.3 Å². The molecule has 0 bridgehead atoms. The normalized spacial score (nSPS) is 12.5. The largest absolute Gasteiger partial charge is 0.339 e. The second-order valence-corrected chi connectivity index (χ2v) is 9.96. The Morgan fingerprint density at radius 2 is 1.71 bits per heavy atom. The maximum atomic E-state index is 6.55. The van der Waals surface area contributed by atoms with Crippen LogP contribution in [0.2, 0.25) is 5.02 Å². The standard InChI is InChI=1S/C29H29ClN4O/c1-18(2)15-21-9-11-22(12-10-21)19(3)29-32-26-16-23(28-31-20(4)35-33-28)13-14-27(26)34(29)17-24-7-5-6-8-25(24)30/h5-14,16,18-19H,15,17H2,1-4H3. The summed E-state index contributed by atoms with van der Waals surface area (Å²) >= 11 is 6.55. The third kappa shape index (κ3) is 4.87. The summed E-state index contributed by atoms with van der Waals surface area (Å²) < 4.78 is 7.45. The van der Waals surface area contributed by atoms with Crippen LogP contribution in [-0.2, 0) is 13.0 Å². The van der Waals surface area contributed by atoms with Gasteiger partial charge in [-0.05, 0) is 53.3 Å². The van der Waals surface area contributed by atoms with Gasteiger partial charge >= 0.3 is 0 Å². The van der Waals surface area contributed by atoms with Crippen LogP contribution in [0.4, 0.5) is 0 Å². The molecule has 0 saturated carbocycles. The molecular weight excluding hydrogens is 456 g/mol. The van der Waals surface area contributed by atoms with Gasteiger partial charge < -0.3 is 9.09 Å². The Balaban J connectivity index is 1.59. The van der Waals surface area contributed by atoms with Gasteiger partial charge in [0.15, 0.2) is 0 Å². The van der Waals surface area contributed by atoms with E-state index in [1.807, 2.05) is 30.3 Å². The number of aryl methyl sites for hydroxylation is 1. The van der Waals surface area contributed by atoms with Gasteiger partial charge in [0, 0.05) is 23.4 Å². The first-order valence-corrected chi connectivity index (χ1v) is 12.4. The third-order valence-electron chi connectivity index (χ3n) is 6.36. The van der Waals surface area contributed by atoms with E-state index in [1.54, 1.807) is 6.92 Å². The molecule has 0 aliphatic carbocycles. The van der Waals surface area contributed by atoms with Gasteiger partial charge in [-0.3, -0.25) is 0 Å². The van der Waals surface area contributed by atoms with Crippen LogP contribution in [0.1, 0.15) is 55.1 Å². The molecule has 0 amide bonds. The van der Waals surface area contributed by atoms with Crippen molar-refractivity contribution in [1.82, 2.24) is 19.7 Å². The van der Waals surface area contributed by atoms with E-state index in [2.05, 4.69) is 71.9 Å². The predicted molar refractivity (Wildman–Crippen MR) is 141 cm³/mol. The smallest absolute Gasteiger partial charge is 0.223 e. The van der Waals surface area contributed by atoms with Crippen molar-refractivity contribution in [3.63, 3.8) is 0 Å². The van der Waals surface area contributed by atoms with E-state index in [4.69, 9.17) is 21.1 Å². The molecule has 5 aromatic rings. The lowest BCUT2D eigenvalue weighted by molar-refractivity contribution is 0.394. The number of fused-ring (bicyclic) bond motifs is 1. The first-order valence-electron chi connectivity index (χ1n) is 12.0. The summed E-state index contributed by atoms with van der Waals surface area (Å²) in [7, 11) is 0. The lowest BCUT2D eigenvalue weighted by Gasteiger charge is -2.17. The van der Waals surface area contributed by atoms with Gasteiger partial charge in [-0.1, -0.05) is 80.0 Å². The highest BCUT2D eigenvalue weighted by molar-refractivity contribution is 6.31. The number of benzene rings is 3. The number of rotatable bonds is 7. The van der Waals surface area contributed by atoms with Crippen LogP contribution in [0.5, 0.6) is 0 Å². The molecule has 0 saturated heterocycles. The van der Waals surface area contributed by atoms with E-state index in [0.717, 1.165) is 39.4 Å². The number of hydrogen-bond donors (Lipinski definition) is 0. The highest BCUT2D eigenvalue weighted by Crippen LogP contribution is 2.31. The van der Waals surface area contributed by atoms with Crippen LogP contribution in [0.3, 0.4) is 0 Å². The quantitative estimate of drug-likeness (QED) is 0.241. The molecule has 35 heavy (non-hydrogen) atoms. The van der Waals surface area contributed by atoms with Crippen molar-refractivity contribution in [1.29, 1.82) is 0 Å². The first-order chi connectivity index (χ1) is 16.9. The van der Waals surface area contributed by atoms with Crippen LogP contribution in [-0.4, -0.2) is 19.7 Å². The predicted octanol–water partition coefficient (Wildman–Crippen LogP) is 7.45. The lowest BCUT2D eigenvalue weighted by atomic mass is 9.96. The molecule has 6 heteroatoms. The minimum absolute atomic E-state index is 0.105. The minimum Gasteiger partial charge on any atom is -0.339 e. The summed E-state index contributed by atoms with van der Waals surface area (Å²) in [6.07, 6.45) is 1.08. The average molecular weight is 485 g/mol. The topological polar surface area (TPSA) is 56.7 Å². The molecule has 2 aromatic heterocycles. The Morgan fingerprint density at radius 3 is 2.40 bits per heavy atom. The SMILES string of the molecule is Cc1nc(-c2ccc3c(c2)nc(C(C)c2ccc(CC(C)C)cc2)n3Cc2ccccc2Cl)no1. The molecule has 1 atom stereocenters. The van der Waals surface area contributed by atoms with E-state index in [-0.39, 0.29) is 5.92 Å². The molecule has 178 valence electrons. The fraction of sp³-hybridized carbons (Fsp3) is 0.276. The second-order valence-electron chi connectivity index (χ2n) is 9.55. The Kier molecular flexibility index (Phi) is 6.44. The highest BCUT2D eigenvalue weighted by atomic mass is 35.5. The molecule has 0 radical (unpaired) electrons. The Labute approximate surface area is 210 Å². The highest BCUT2D eigenvalue weighted by Gasteiger charge is 2.20. The molecule has 0 spiro atoms. The monoisotopic (exact) mass is 484 g/mol. The fourth-order valence-corrected chi connectivity index (χ4v) is 4.76. The molecule has 1 unspecified atom stereocenters. The van der Waals surface area contributed by atoms with Crippen LogP contribution >= 0.6 is 11.6 Å². The average Bonchev–Trinajstić information content (AvgIpc) is 3.43. The second kappa shape index (κ2) is 9.67. The molecule has 0 N–H and O–H groups in total. The van der Waals surface area contributed by atoms with Crippen molar-refractivity contribution in [2.24, 2.45) is 5.92 Å². The molecule has 2 heterocycles. The number of nitrogens with zero attached hydrogens (tertiary/aromatic N) is 4. The summed E-state index contributed by atoms with van der Waals surface area (Å²) in [5.41, 5.74) is 6.49.